The molecule has 4 aromatic carbocycles. The van der Waals surface area contributed by atoms with Gasteiger partial charge in [0, 0.05) is 68.7 Å². The first kappa shape index (κ1) is 48.6. The molecule has 3 atom stereocenters. The van der Waals surface area contributed by atoms with Crippen LogP contribution in [0.4, 0.5) is 87.8 Å². The third kappa shape index (κ3) is 6.62. The summed E-state index contributed by atoms with van der Waals surface area (Å²) < 4.78 is 310. The minimum Gasteiger partial charge on any atom is -0.354 e. The van der Waals surface area contributed by atoms with E-state index in [0.29, 0.717) is 30.7 Å². The van der Waals surface area contributed by atoms with E-state index < -0.39 is 224 Å². The van der Waals surface area contributed by atoms with Crippen molar-refractivity contribution in [2.24, 2.45) is 0 Å². The molecule has 4 aliphatic rings. The summed E-state index contributed by atoms with van der Waals surface area (Å²) in [5, 5.41) is 0. The molecule has 4 aliphatic heterocycles. The molecule has 3 aromatic heterocycles. The topological polar surface area (TPSA) is 60.6 Å². The van der Waals surface area contributed by atoms with Crippen molar-refractivity contribution in [1.82, 2.24) is 24.8 Å². The second-order valence-electron chi connectivity index (χ2n) is 17.3. The first-order valence-corrected chi connectivity index (χ1v) is 21.4. The van der Waals surface area contributed by atoms with Gasteiger partial charge in [-0.1, -0.05) is 0 Å². The maximum absolute atomic E-state index is 16.4. The number of aromatic amines is 2. The lowest BCUT2D eigenvalue weighted by Gasteiger charge is -2.21. The predicted octanol–water partition coefficient (Wildman–Crippen LogP) is 14.3. The van der Waals surface area contributed by atoms with Crippen LogP contribution in [-0.2, 0) is 0 Å². The van der Waals surface area contributed by atoms with Crippen LogP contribution in [0.1, 0.15) is 47.5 Å². The average Bonchev–Trinajstić information content (AvgIpc) is 4.26. The van der Waals surface area contributed by atoms with Gasteiger partial charge in [0.2, 0.25) is 23.3 Å². The van der Waals surface area contributed by atoms with Crippen LogP contribution in [0.15, 0.2) is 24.3 Å². The Morgan fingerprint density at radius 1 is 0.351 bits per heavy atom. The number of benzene rings is 4. The molecule has 380 valence electrons. The first-order chi connectivity index (χ1) is 35.1. The molecule has 8 bridgehead atoms. The molecule has 0 amide bonds. The zero-order valence-corrected chi connectivity index (χ0v) is 35.9. The van der Waals surface area contributed by atoms with Crippen molar-refractivity contribution in [2.45, 2.75) is 30.7 Å². The van der Waals surface area contributed by atoms with Gasteiger partial charge in [-0.25, -0.2) is 92.8 Å². The first-order valence-electron chi connectivity index (χ1n) is 21.4. The van der Waals surface area contributed by atoms with Gasteiger partial charge in [0.05, 0.1) is 45.0 Å². The van der Waals surface area contributed by atoms with Crippen molar-refractivity contribution in [2.75, 3.05) is 13.1 Å². The Labute approximate surface area is 398 Å². The van der Waals surface area contributed by atoms with E-state index in [1.807, 2.05) is 0 Å². The van der Waals surface area contributed by atoms with E-state index >= 15 is 70.2 Å². The van der Waals surface area contributed by atoms with Gasteiger partial charge in [0.1, 0.15) is 0 Å². The van der Waals surface area contributed by atoms with Crippen molar-refractivity contribution in [3.05, 3.63) is 163 Å². The van der Waals surface area contributed by atoms with Gasteiger partial charge in [-0.05, 0) is 55.8 Å². The number of hydrogen-bond acceptors (Lipinski definition) is 3. The molecule has 0 spiro atoms. The molecule has 5 nitrogen and oxygen atoms in total. The van der Waals surface area contributed by atoms with Crippen LogP contribution in [-0.4, -0.2) is 44.0 Å². The number of nitrogens with one attached hydrogen (secondary N) is 2. The van der Waals surface area contributed by atoms with Crippen molar-refractivity contribution in [3.63, 3.8) is 0 Å². The van der Waals surface area contributed by atoms with E-state index in [1.54, 1.807) is 4.90 Å². The Kier molecular flexibility index (Phi) is 11.1. The molecule has 2 fully saturated rings. The number of nitrogens with zero attached hydrogens (tertiary/aromatic N) is 3. The lowest BCUT2D eigenvalue weighted by atomic mass is 9.82. The predicted molar refractivity (Wildman–Crippen MR) is 221 cm³/mol. The van der Waals surface area contributed by atoms with Crippen LogP contribution >= 0.6 is 0 Å². The molecule has 0 saturated carbocycles. The quantitative estimate of drug-likeness (QED) is 0.105. The lowest BCUT2D eigenvalue weighted by Crippen LogP contribution is -2.25. The van der Waals surface area contributed by atoms with Gasteiger partial charge in [-0.3, -0.25) is 9.88 Å². The Balaban J connectivity index is 1.45. The van der Waals surface area contributed by atoms with Gasteiger partial charge >= 0.3 is 0 Å². The maximum Gasteiger partial charge on any atom is 0.200 e. The Hall–Kier alpha value is -7.70. The molecular weight excluding hydrogens is 1040 g/mol. The van der Waals surface area contributed by atoms with Gasteiger partial charge in [-0.2, -0.15) is 0 Å². The summed E-state index contributed by atoms with van der Waals surface area (Å²) in [6.45, 7) is -0.119. The second-order valence-corrected chi connectivity index (χ2v) is 17.3. The minimum atomic E-state index is -2.70. The minimum absolute atomic E-state index is 0.127. The Morgan fingerprint density at radius 2 is 0.649 bits per heavy atom. The fourth-order valence-electron chi connectivity index (χ4n) is 10.4. The summed E-state index contributed by atoms with van der Waals surface area (Å²) in [5.74, 6) is -54.9. The van der Waals surface area contributed by atoms with E-state index in [-0.39, 0.29) is 19.5 Å². The fourth-order valence-corrected chi connectivity index (χ4v) is 10.4. The molecular formula is C49H19F20N5. The number of fused-ring (bicyclic) bond motifs is 13. The highest BCUT2D eigenvalue weighted by molar-refractivity contribution is 5.98. The normalized spacial score (nSPS) is 17.3. The number of H-pyrrole nitrogens is 2. The highest BCUT2D eigenvalue weighted by Gasteiger charge is 2.52. The number of rotatable bonds is 4. The highest BCUT2D eigenvalue weighted by atomic mass is 19.2. The van der Waals surface area contributed by atoms with Crippen LogP contribution in [0.3, 0.4) is 0 Å². The van der Waals surface area contributed by atoms with Crippen LogP contribution in [0, 0.1) is 116 Å². The molecule has 0 aliphatic carbocycles. The number of halogens is 20. The molecule has 11 rings (SSSR count). The number of aromatic nitrogens is 4. The van der Waals surface area contributed by atoms with Crippen molar-refractivity contribution < 1.29 is 87.8 Å². The SMILES string of the molecule is Fc1c(F)c(F)c(-c2c3nc(c(-c4c(F)c(F)c(F)c(F)c4F)c4ccc([nH]4)c(-c4c(F)c(F)c(F)c(F)c4F)c4nc(c(-c5c(F)c(F)c(F)c(F)c5F)c5ccc2[nH]5)[C@@H]2[C@H]4CN4CCC[C@@H]24)C=C3)c(F)c1F. The largest absolute Gasteiger partial charge is 0.354 e. The monoisotopic (exact) mass is 1060 g/mol. The average molecular weight is 1060 g/mol. The van der Waals surface area contributed by atoms with Gasteiger partial charge in [0.25, 0.3) is 0 Å². The standard InChI is InChI=1S/C49H19F20N5/c50-28-24(29(51)37(59)44(66)36(28)58)20-12-3-4-13(70-12)21(25-30(52)38(60)45(67)39(61)31(25)53)15-6-8-17(72-15)23(27-34(56)42(64)47(69)43(65)35(27)57)49-19-11(10-74-9-1-2-18(19)74)48(73-49)22(16-7-5-14(20)71-16)26-32(54)40(62)46(68)41(63)33(26)55/h3-8,11,18-19,71-72H,1-2,9-10H2/t11-,18+,19-/m1/s1. The van der Waals surface area contributed by atoms with Gasteiger partial charge in [0.15, 0.2) is 93.1 Å². The summed E-state index contributed by atoms with van der Waals surface area (Å²) in [5.41, 5.74) is -19.0. The molecule has 2 N–H and O–H groups in total. The zero-order chi connectivity index (χ0) is 53.0. The molecule has 74 heavy (non-hydrogen) atoms. The summed E-state index contributed by atoms with van der Waals surface area (Å²) in [6, 6.07) is 1.96. The molecule has 25 heteroatoms. The fraction of sp³-hybridized carbons (Fsp3) is 0.143. The Morgan fingerprint density at radius 3 is 1.00 bits per heavy atom. The smallest absolute Gasteiger partial charge is 0.200 e. The van der Waals surface area contributed by atoms with E-state index in [4.69, 9.17) is 0 Å². The molecule has 0 unspecified atom stereocenters. The molecule has 2 saturated heterocycles. The van der Waals surface area contributed by atoms with Crippen LogP contribution in [0.25, 0.3) is 78.7 Å². The van der Waals surface area contributed by atoms with Crippen LogP contribution < -0.4 is 0 Å². The number of hydrogen-bond donors (Lipinski definition) is 2. The summed E-state index contributed by atoms with van der Waals surface area (Å²) in [4.78, 5) is 14.9. The van der Waals surface area contributed by atoms with Gasteiger partial charge in [-0.15, -0.1) is 0 Å². The second kappa shape index (κ2) is 16.9. The highest BCUT2D eigenvalue weighted by Crippen LogP contribution is 2.56. The zero-order valence-electron chi connectivity index (χ0n) is 35.9. The lowest BCUT2D eigenvalue weighted by molar-refractivity contribution is 0.311. The van der Waals surface area contributed by atoms with Crippen molar-refractivity contribution >= 4 is 34.2 Å². The summed E-state index contributed by atoms with van der Waals surface area (Å²) in [7, 11) is 0. The third-order valence-electron chi connectivity index (χ3n) is 13.6. The maximum atomic E-state index is 16.4. The summed E-state index contributed by atoms with van der Waals surface area (Å²) >= 11 is 0. The third-order valence-corrected chi connectivity index (χ3v) is 13.6. The van der Waals surface area contributed by atoms with E-state index in [0.717, 1.165) is 12.1 Å². The van der Waals surface area contributed by atoms with Crippen LogP contribution in [0.5, 0.6) is 0 Å². The van der Waals surface area contributed by atoms with Crippen LogP contribution in [0.2, 0.25) is 0 Å². The molecule has 7 heterocycles. The van der Waals surface area contributed by atoms with E-state index in [9.17, 15) is 17.6 Å². The van der Waals surface area contributed by atoms with Crippen molar-refractivity contribution in [3.8, 4) is 44.5 Å². The van der Waals surface area contributed by atoms with Crippen molar-refractivity contribution in [1.29, 1.82) is 0 Å². The Bertz CT molecular complexity index is 3800. The van der Waals surface area contributed by atoms with E-state index in [2.05, 4.69) is 19.9 Å². The van der Waals surface area contributed by atoms with Gasteiger partial charge < -0.3 is 9.97 Å². The summed E-state index contributed by atoms with van der Waals surface area (Å²) in [6.07, 6.45) is 1.75. The van der Waals surface area contributed by atoms with E-state index in [1.165, 1.54) is 0 Å². The molecule has 0 radical (unpaired) electrons. The molecule has 7 aromatic rings.